The zero-order valence-corrected chi connectivity index (χ0v) is 17.4. The van der Waals surface area contributed by atoms with Gasteiger partial charge in [-0.2, -0.15) is 10.2 Å². The Hall–Kier alpha value is -3.15. The van der Waals surface area contributed by atoms with Crippen LogP contribution in [0.4, 0.5) is 0 Å². The smallest absolute Gasteiger partial charge is 0.244 e. The number of amides is 1. The minimum atomic E-state index is -0.105. The largest absolute Gasteiger partial charge is 0.346 e. The van der Waals surface area contributed by atoms with E-state index in [1.165, 1.54) is 11.3 Å². The highest BCUT2D eigenvalue weighted by Crippen LogP contribution is 2.41. The summed E-state index contributed by atoms with van der Waals surface area (Å²) in [5, 5.41) is 12.0. The molecular formula is C23H27N5O. The third-order valence-electron chi connectivity index (χ3n) is 5.49. The summed E-state index contributed by atoms with van der Waals surface area (Å²) in [7, 11) is 1.86. The summed E-state index contributed by atoms with van der Waals surface area (Å²) in [6.07, 6.45) is 10.7. The number of aromatic nitrogens is 4. The molecule has 1 aliphatic carbocycles. The topological polar surface area (TPSA) is 64.7 Å². The van der Waals surface area contributed by atoms with Crippen molar-refractivity contribution >= 4 is 12.0 Å². The highest BCUT2D eigenvalue weighted by molar-refractivity contribution is 5.92. The molecular weight excluding hydrogens is 362 g/mol. The molecule has 0 bridgehead atoms. The van der Waals surface area contributed by atoms with E-state index in [-0.39, 0.29) is 17.4 Å². The molecule has 0 fully saturated rings. The van der Waals surface area contributed by atoms with Crippen LogP contribution in [0.1, 0.15) is 48.7 Å². The molecule has 0 spiro atoms. The van der Waals surface area contributed by atoms with Crippen molar-refractivity contribution in [1.82, 2.24) is 24.9 Å². The van der Waals surface area contributed by atoms with Gasteiger partial charge in [-0.3, -0.25) is 9.48 Å². The van der Waals surface area contributed by atoms with Crippen LogP contribution in [-0.2, 0) is 18.3 Å². The summed E-state index contributed by atoms with van der Waals surface area (Å²) >= 11 is 0. The fraction of sp³-hybridized carbons (Fsp3) is 0.348. The quantitative estimate of drug-likeness (QED) is 0.691. The molecule has 1 unspecified atom stereocenters. The van der Waals surface area contributed by atoms with Gasteiger partial charge < -0.3 is 5.32 Å². The zero-order chi connectivity index (χ0) is 20.6. The first-order valence-corrected chi connectivity index (χ1v) is 9.92. The monoisotopic (exact) mass is 389 g/mol. The molecule has 3 aromatic rings. The molecule has 0 saturated heterocycles. The third-order valence-corrected chi connectivity index (χ3v) is 5.49. The molecule has 6 heteroatoms. The number of hydrogen-bond donors (Lipinski definition) is 1. The molecule has 150 valence electrons. The number of rotatable bonds is 4. The molecule has 4 rings (SSSR count). The maximum atomic E-state index is 12.6. The number of nitrogens with one attached hydrogen (secondary N) is 1. The van der Waals surface area contributed by atoms with E-state index >= 15 is 0 Å². The molecule has 0 radical (unpaired) electrons. The number of fused-ring (bicyclic) bond motifs is 1. The normalized spacial score (nSPS) is 18.0. The Morgan fingerprint density at radius 1 is 1.24 bits per heavy atom. The zero-order valence-electron chi connectivity index (χ0n) is 17.4. The van der Waals surface area contributed by atoms with Gasteiger partial charge in [0.05, 0.1) is 29.8 Å². The highest BCUT2D eigenvalue weighted by atomic mass is 16.1. The Kier molecular flexibility index (Phi) is 4.86. The van der Waals surface area contributed by atoms with Gasteiger partial charge in [-0.15, -0.1) is 0 Å². The Bertz CT molecular complexity index is 1070. The second-order valence-corrected chi connectivity index (χ2v) is 8.63. The molecule has 1 amide bonds. The first kappa shape index (κ1) is 19.2. The van der Waals surface area contributed by atoms with Crippen LogP contribution in [0.25, 0.3) is 11.8 Å². The lowest BCUT2D eigenvalue weighted by Gasteiger charge is -2.35. The van der Waals surface area contributed by atoms with E-state index in [0.717, 1.165) is 29.7 Å². The van der Waals surface area contributed by atoms with Gasteiger partial charge in [0.25, 0.3) is 0 Å². The standard InChI is InChI=1S/C23H27N5O/c1-16-7-5-6-8-20(16)28-21-12-23(2,3)11-19(18(21)14-25-28)26-22(29)10-9-17-13-24-27(4)15-17/h5-10,13-15,19H,11-12H2,1-4H3,(H,26,29). The second-order valence-electron chi connectivity index (χ2n) is 8.63. The van der Waals surface area contributed by atoms with Gasteiger partial charge in [0.15, 0.2) is 0 Å². The molecule has 1 aromatic carbocycles. The predicted octanol–water partition coefficient (Wildman–Crippen LogP) is 3.76. The van der Waals surface area contributed by atoms with Crippen LogP contribution in [0.2, 0.25) is 0 Å². The van der Waals surface area contributed by atoms with Crippen molar-refractivity contribution < 1.29 is 4.79 Å². The summed E-state index contributed by atoms with van der Waals surface area (Å²) in [6, 6.07) is 8.20. The number of para-hydroxylation sites is 1. The number of hydrogen-bond acceptors (Lipinski definition) is 3. The summed E-state index contributed by atoms with van der Waals surface area (Å²) < 4.78 is 3.75. The molecule has 0 aliphatic heterocycles. The van der Waals surface area contributed by atoms with E-state index in [1.807, 2.05) is 36.3 Å². The van der Waals surface area contributed by atoms with Crippen LogP contribution < -0.4 is 5.32 Å². The second kappa shape index (κ2) is 7.35. The van der Waals surface area contributed by atoms with E-state index in [9.17, 15) is 4.79 Å². The Balaban J connectivity index is 1.60. The van der Waals surface area contributed by atoms with Crippen molar-refractivity contribution in [2.24, 2.45) is 12.5 Å². The minimum absolute atomic E-state index is 0.0578. The van der Waals surface area contributed by atoms with Crippen molar-refractivity contribution in [3.8, 4) is 5.69 Å². The number of carbonyl (C=O) groups is 1. The Morgan fingerprint density at radius 3 is 2.76 bits per heavy atom. The van der Waals surface area contributed by atoms with Crippen LogP contribution in [0.5, 0.6) is 0 Å². The predicted molar refractivity (Wildman–Crippen MR) is 114 cm³/mol. The van der Waals surface area contributed by atoms with E-state index < -0.39 is 0 Å². The number of benzene rings is 1. The average Bonchev–Trinajstić information content (AvgIpc) is 3.26. The third kappa shape index (κ3) is 4.01. The fourth-order valence-corrected chi connectivity index (χ4v) is 4.10. The van der Waals surface area contributed by atoms with Crippen molar-refractivity contribution in [2.45, 2.75) is 39.7 Å². The molecule has 0 saturated carbocycles. The SMILES string of the molecule is Cc1ccccc1-n1ncc2c1CC(C)(C)CC2NC(=O)C=Cc1cnn(C)c1. The van der Waals surface area contributed by atoms with Crippen LogP contribution in [0, 0.1) is 12.3 Å². The number of aryl methyl sites for hydroxylation is 2. The van der Waals surface area contributed by atoms with E-state index in [0.29, 0.717) is 0 Å². The van der Waals surface area contributed by atoms with E-state index in [1.54, 1.807) is 23.0 Å². The van der Waals surface area contributed by atoms with Gasteiger partial charge in [0.1, 0.15) is 0 Å². The number of carbonyl (C=O) groups excluding carboxylic acids is 1. The van der Waals surface area contributed by atoms with Gasteiger partial charge in [-0.25, -0.2) is 4.68 Å². The maximum absolute atomic E-state index is 12.6. The molecule has 1 N–H and O–H groups in total. The lowest BCUT2D eigenvalue weighted by molar-refractivity contribution is -0.117. The van der Waals surface area contributed by atoms with Crippen LogP contribution in [0.15, 0.2) is 48.9 Å². The first-order valence-electron chi connectivity index (χ1n) is 9.92. The van der Waals surface area contributed by atoms with Crippen LogP contribution >= 0.6 is 0 Å². The van der Waals surface area contributed by atoms with Crippen LogP contribution in [-0.4, -0.2) is 25.5 Å². The van der Waals surface area contributed by atoms with Crippen molar-refractivity contribution in [3.05, 3.63) is 71.3 Å². The van der Waals surface area contributed by atoms with E-state index in [2.05, 4.69) is 48.4 Å². The number of nitrogens with zero attached hydrogens (tertiary/aromatic N) is 4. The fourth-order valence-electron chi connectivity index (χ4n) is 4.10. The van der Waals surface area contributed by atoms with Crippen LogP contribution in [0.3, 0.4) is 0 Å². The molecule has 1 aliphatic rings. The molecule has 1 atom stereocenters. The Labute approximate surface area is 171 Å². The molecule has 2 aromatic heterocycles. The summed E-state index contributed by atoms with van der Waals surface area (Å²) in [4.78, 5) is 12.6. The molecule has 2 heterocycles. The average molecular weight is 390 g/mol. The maximum Gasteiger partial charge on any atom is 0.244 e. The Morgan fingerprint density at radius 2 is 2.03 bits per heavy atom. The lowest BCUT2D eigenvalue weighted by atomic mass is 9.74. The minimum Gasteiger partial charge on any atom is -0.346 e. The van der Waals surface area contributed by atoms with Gasteiger partial charge in [0, 0.05) is 30.4 Å². The highest BCUT2D eigenvalue weighted by Gasteiger charge is 2.35. The van der Waals surface area contributed by atoms with Crippen molar-refractivity contribution in [2.75, 3.05) is 0 Å². The molecule has 6 nitrogen and oxygen atoms in total. The van der Waals surface area contributed by atoms with Crippen molar-refractivity contribution in [3.63, 3.8) is 0 Å². The molecule has 29 heavy (non-hydrogen) atoms. The van der Waals surface area contributed by atoms with Gasteiger partial charge in [0.2, 0.25) is 5.91 Å². The van der Waals surface area contributed by atoms with Crippen molar-refractivity contribution in [1.29, 1.82) is 0 Å². The lowest BCUT2D eigenvalue weighted by Crippen LogP contribution is -2.36. The van der Waals surface area contributed by atoms with Gasteiger partial charge in [-0.05, 0) is 42.9 Å². The van der Waals surface area contributed by atoms with Gasteiger partial charge >= 0.3 is 0 Å². The van der Waals surface area contributed by atoms with E-state index in [4.69, 9.17) is 0 Å². The summed E-state index contributed by atoms with van der Waals surface area (Å²) in [5.74, 6) is -0.105. The summed E-state index contributed by atoms with van der Waals surface area (Å²) in [5.41, 5.74) is 5.53. The van der Waals surface area contributed by atoms with Gasteiger partial charge in [-0.1, -0.05) is 32.0 Å². The summed E-state index contributed by atoms with van der Waals surface area (Å²) in [6.45, 7) is 6.59. The first-order chi connectivity index (χ1) is 13.8.